The Morgan fingerprint density at radius 2 is 2.13 bits per heavy atom. The Morgan fingerprint density at radius 3 is 2.73 bits per heavy atom. The third kappa shape index (κ3) is 3.06. The Labute approximate surface area is 90.2 Å². The van der Waals surface area contributed by atoms with Gasteiger partial charge in [-0.2, -0.15) is 0 Å². The normalized spacial score (nSPS) is 12.3. The lowest BCUT2D eigenvalue weighted by Gasteiger charge is -2.11. The highest BCUT2D eigenvalue weighted by Gasteiger charge is 2.15. The van der Waals surface area contributed by atoms with E-state index in [1.54, 1.807) is 0 Å². The number of nitrogens with two attached hydrogens (primary N) is 1. The van der Waals surface area contributed by atoms with Crippen LogP contribution in [0.3, 0.4) is 0 Å². The molecule has 2 N–H and O–H groups in total. The summed E-state index contributed by atoms with van der Waals surface area (Å²) < 4.78 is 4.59. The molecule has 0 bridgehead atoms. The number of benzene rings is 1. The SMILES string of the molecule is COC(=O)[C@H](N)Cc1cc(C)ccc1C. The Hall–Kier alpha value is -1.35. The zero-order chi connectivity index (χ0) is 11.4. The molecule has 1 aromatic rings. The van der Waals surface area contributed by atoms with Crippen molar-refractivity contribution in [3.05, 3.63) is 34.9 Å². The van der Waals surface area contributed by atoms with Crippen molar-refractivity contribution in [2.75, 3.05) is 7.11 Å². The van der Waals surface area contributed by atoms with Crippen LogP contribution in [0, 0.1) is 13.8 Å². The van der Waals surface area contributed by atoms with Gasteiger partial charge >= 0.3 is 5.97 Å². The van der Waals surface area contributed by atoms with Crippen molar-refractivity contribution in [2.24, 2.45) is 5.73 Å². The van der Waals surface area contributed by atoms with Crippen LogP contribution in [0.1, 0.15) is 16.7 Å². The molecule has 0 amide bonds. The lowest BCUT2D eigenvalue weighted by Crippen LogP contribution is -2.33. The van der Waals surface area contributed by atoms with Crippen molar-refractivity contribution in [2.45, 2.75) is 26.3 Å². The molecular formula is C12H17NO2. The van der Waals surface area contributed by atoms with Crippen LogP contribution in [0.4, 0.5) is 0 Å². The zero-order valence-electron chi connectivity index (χ0n) is 9.41. The molecule has 0 aromatic heterocycles. The van der Waals surface area contributed by atoms with Crippen LogP contribution in [-0.2, 0) is 16.0 Å². The summed E-state index contributed by atoms with van der Waals surface area (Å²) in [5, 5.41) is 0. The molecule has 0 saturated carbocycles. The Balaban J connectivity index is 2.80. The summed E-state index contributed by atoms with van der Waals surface area (Å²) >= 11 is 0. The fraction of sp³-hybridized carbons (Fsp3) is 0.417. The van der Waals surface area contributed by atoms with Gasteiger partial charge in [-0.25, -0.2) is 0 Å². The molecule has 82 valence electrons. The van der Waals surface area contributed by atoms with Crippen molar-refractivity contribution in [3.8, 4) is 0 Å². The first-order valence-corrected chi connectivity index (χ1v) is 4.94. The smallest absolute Gasteiger partial charge is 0.322 e. The van der Waals surface area contributed by atoms with Gasteiger partial charge in [0, 0.05) is 0 Å². The number of carbonyl (C=O) groups is 1. The average molecular weight is 207 g/mol. The van der Waals surface area contributed by atoms with Crippen molar-refractivity contribution in [1.29, 1.82) is 0 Å². The van der Waals surface area contributed by atoms with Gasteiger partial charge in [0.15, 0.2) is 0 Å². The number of hydrogen-bond acceptors (Lipinski definition) is 3. The highest BCUT2D eigenvalue weighted by molar-refractivity contribution is 5.75. The van der Waals surface area contributed by atoms with Gasteiger partial charge in [-0.05, 0) is 31.4 Å². The minimum atomic E-state index is -0.574. The molecule has 1 atom stereocenters. The maximum atomic E-state index is 11.2. The Kier molecular flexibility index (Phi) is 3.86. The summed E-state index contributed by atoms with van der Waals surface area (Å²) in [6.07, 6.45) is 0.528. The van der Waals surface area contributed by atoms with Crippen LogP contribution in [0.5, 0.6) is 0 Å². The number of methoxy groups -OCH3 is 1. The monoisotopic (exact) mass is 207 g/mol. The van der Waals surface area contributed by atoms with Gasteiger partial charge in [-0.1, -0.05) is 23.8 Å². The second-order valence-corrected chi connectivity index (χ2v) is 3.76. The lowest BCUT2D eigenvalue weighted by atomic mass is 9.99. The summed E-state index contributed by atoms with van der Waals surface area (Å²) in [5.41, 5.74) is 9.14. The van der Waals surface area contributed by atoms with Gasteiger partial charge in [0.05, 0.1) is 7.11 Å². The van der Waals surface area contributed by atoms with Crippen molar-refractivity contribution >= 4 is 5.97 Å². The summed E-state index contributed by atoms with van der Waals surface area (Å²) in [4.78, 5) is 11.2. The predicted molar refractivity (Wildman–Crippen MR) is 59.6 cm³/mol. The maximum absolute atomic E-state index is 11.2. The van der Waals surface area contributed by atoms with E-state index in [2.05, 4.69) is 10.8 Å². The third-order valence-corrected chi connectivity index (χ3v) is 2.45. The van der Waals surface area contributed by atoms with Gasteiger partial charge in [-0.3, -0.25) is 4.79 Å². The molecule has 3 nitrogen and oxygen atoms in total. The van der Waals surface area contributed by atoms with Crippen LogP contribution >= 0.6 is 0 Å². The minimum absolute atomic E-state index is 0.365. The molecule has 0 heterocycles. The number of aryl methyl sites for hydroxylation is 2. The van der Waals surface area contributed by atoms with Crippen molar-refractivity contribution < 1.29 is 9.53 Å². The van der Waals surface area contributed by atoms with Gasteiger partial charge in [-0.15, -0.1) is 0 Å². The molecule has 3 heteroatoms. The van der Waals surface area contributed by atoms with Crippen LogP contribution in [0.25, 0.3) is 0 Å². The molecule has 0 aliphatic heterocycles. The first-order chi connectivity index (χ1) is 7.04. The van der Waals surface area contributed by atoms with Gasteiger partial charge in [0.2, 0.25) is 0 Å². The van der Waals surface area contributed by atoms with Crippen LogP contribution in [0.2, 0.25) is 0 Å². The second kappa shape index (κ2) is 4.94. The predicted octanol–water partition coefficient (Wildman–Crippen LogP) is 1.35. The zero-order valence-corrected chi connectivity index (χ0v) is 9.41. The molecule has 0 radical (unpaired) electrons. The number of ether oxygens (including phenoxy) is 1. The van der Waals surface area contributed by atoms with Crippen molar-refractivity contribution in [1.82, 2.24) is 0 Å². The molecule has 1 rings (SSSR count). The molecule has 0 spiro atoms. The molecule has 0 fully saturated rings. The fourth-order valence-corrected chi connectivity index (χ4v) is 1.49. The molecule has 0 unspecified atom stereocenters. The fourth-order valence-electron chi connectivity index (χ4n) is 1.49. The lowest BCUT2D eigenvalue weighted by molar-refractivity contribution is -0.142. The van der Waals surface area contributed by atoms with E-state index in [9.17, 15) is 4.79 Å². The van der Waals surface area contributed by atoms with E-state index in [1.807, 2.05) is 26.0 Å². The summed E-state index contributed by atoms with van der Waals surface area (Å²) in [6, 6.07) is 5.56. The van der Waals surface area contributed by atoms with E-state index in [1.165, 1.54) is 12.7 Å². The van der Waals surface area contributed by atoms with Crippen LogP contribution in [-0.4, -0.2) is 19.1 Å². The summed E-state index contributed by atoms with van der Waals surface area (Å²) in [6.45, 7) is 4.03. The quantitative estimate of drug-likeness (QED) is 0.761. The molecular weight excluding hydrogens is 190 g/mol. The van der Waals surface area contributed by atoms with Crippen LogP contribution in [0.15, 0.2) is 18.2 Å². The first-order valence-electron chi connectivity index (χ1n) is 4.94. The molecule has 15 heavy (non-hydrogen) atoms. The molecule has 0 saturated heterocycles. The standard InChI is InChI=1S/C12H17NO2/c1-8-4-5-9(2)10(6-8)7-11(13)12(14)15-3/h4-6,11H,7,13H2,1-3H3/t11-/m1/s1. The highest BCUT2D eigenvalue weighted by Crippen LogP contribution is 2.12. The molecule has 0 aliphatic rings. The first kappa shape index (κ1) is 11.7. The molecule has 0 aliphatic carbocycles. The Bertz CT molecular complexity index is 361. The maximum Gasteiger partial charge on any atom is 0.322 e. The van der Waals surface area contributed by atoms with E-state index in [0.29, 0.717) is 6.42 Å². The average Bonchev–Trinajstić information content (AvgIpc) is 2.22. The van der Waals surface area contributed by atoms with E-state index in [-0.39, 0.29) is 5.97 Å². The minimum Gasteiger partial charge on any atom is -0.468 e. The number of esters is 1. The largest absolute Gasteiger partial charge is 0.468 e. The number of rotatable bonds is 3. The van der Waals surface area contributed by atoms with E-state index in [4.69, 9.17) is 5.73 Å². The van der Waals surface area contributed by atoms with Crippen molar-refractivity contribution in [3.63, 3.8) is 0 Å². The second-order valence-electron chi connectivity index (χ2n) is 3.76. The van der Waals surface area contributed by atoms with E-state index >= 15 is 0 Å². The topological polar surface area (TPSA) is 52.3 Å². The van der Waals surface area contributed by atoms with Gasteiger partial charge in [0.25, 0.3) is 0 Å². The number of carbonyl (C=O) groups excluding carboxylic acids is 1. The summed E-state index contributed by atoms with van der Waals surface area (Å²) in [5.74, 6) is -0.365. The van der Waals surface area contributed by atoms with Crippen LogP contribution < -0.4 is 5.73 Å². The third-order valence-electron chi connectivity index (χ3n) is 2.45. The van der Waals surface area contributed by atoms with E-state index in [0.717, 1.165) is 11.1 Å². The number of hydrogen-bond donors (Lipinski definition) is 1. The van der Waals surface area contributed by atoms with Gasteiger partial charge < -0.3 is 10.5 Å². The highest BCUT2D eigenvalue weighted by atomic mass is 16.5. The van der Waals surface area contributed by atoms with Gasteiger partial charge in [0.1, 0.15) is 6.04 Å². The summed E-state index contributed by atoms with van der Waals surface area (Å²) in [7, 11) is 1.35. The van der Waals surface area contributed by atoms with E-state index < -0.39 is 6.04 Å². The Morgan fingerprint density at radius 1 is 1.47 bits per heavy atom. The molecule has 1 aromatic carbocycles.